The maximum Gasteiger partial charge on any atom is 0.341 e. The zero-order valence-corrected chi connectivity index (χ0v) is 18.0. The minimum atomic E-state index is -1.14. The first-order chi connectivity index (χ1) is 14.0. The van der Waals surface area contributed by atoms with Crippen molar-refractivity contribution in [1.29, 1.82) is 0 Å². The summed E-state index contributed by atoms with van der Waals surface area (Å²) < 4.78 is 15.7. The minimum absolute atomic E-state index is 0.127. The molecule has 0 unspecified atom stereocenters. The van der Waals surface area contributed by atoms with E-state index >= 15 is 0 Å². The second-order valence-corrected chi connectivity index (χ2v) is 6.87. The van der Waals surface area contributed by atoms with Crippen LogP contribution in [0.3, 0.4) is 0 Å². The molecule has 29 heavy (non-hydrogen) atoms. The van der Waals surface area contributed by atoms with Crippen LogP contribution < -0.4 is 9.47 Å². The Morgan fingerprint density at radius 1 is 1.28 bits per heavy atom. The molecule has 2 rings (SSSR count). The molecule has 0 radical (unpaired) electrons. The van der Waals surface area contributed by atoms with E-state index in [-0.39, 0.29) is 17.2 Å². The number of aliphatic hydroxyl groups excluding tert-OH is 1. The van der Waals surface area contributed by atoms with Crippen LogP contribution in [0.2, 0.25) is 0 Å². The Hall–Kier alpha value is -2.69. The summed E-state index contributed by atoms with van der Waals surface area (Å²) in [5.41, 5.74) is 1.52. The number of aliphatic carboxylic acids is 1. The van der Waals surface area contributed by atoms with Gasteiger partial charge in [-0.05, 0) is 45.8 Å². The van der Waals surface area contributed by atoms with Crippen molar-refractivity contribution in [1.82, 2.24) is 0 Å². The number of rotatable bonds is 10. The van der Waals surface area contributed by atoms with Crippen molar-refractivity contribution < 1.29 is 38.8 Å². The van der Waals surface area contributed by atoms with Crippen molar-refractivity contribution in [2.45, 2.75) is 0 Å². The van der Waals surface area contributed by atoms with E-state index in [1.165, 1.54) is 18.4 Å². The lowest BCUT2D eigenvalue weighted by molar-refractivity contribution is -0.139. The van der Waals surface area contributed by atoms with E-state index in [0.717, 1.165) is 18.2 Å². The molecule has 2 aromatic rings. The zero-order valence-electron chi connectivity index (χ0n) is 15.6. The summed E-state index contributed by atoms with van der Waals surface area (Å²) in [6, 6.07) is 5.41. The number of carbonyl (C=O) groups excluding carboxylic acids is 2. The summed E-state index contributed by atoms with van der Waals surface area (Å²) >= 11 is 4.56. The van der Waals surface area contributed by atoms with Crippen molar-refractivity contribution in [3.05, 3.63) is 39.2 Å². The van der Waals surface area contributed by atoms with E-state index in [1.807, 2.05) is 12.1 Å². The Kier molecular flexibility index (Phi) is 10.7. The molecule has 1 aromatic heterocycles. The Labute approximate surface area is 179 Å². The number of carbonyl (C=O) groups is 3. The molecule has 10 heteroatoms. The van der Waals surface area contributed by atoms with Crippen LogP contribution in [0, 0.1) is 0 Å². The zero-order chi connectivity index (χ0) is 21.8. The maximum atomic E-state index is 11.3. The maximum absolute atomic E-state index is 11.3. The van der Waals surface area contributed by atoms with Crippen LogP contribution in [0.4, 0.5) is 0 Å². The Morgan fingerprint density at radius 3 is 2.59 bits per heavy atom. The fourth-order valence-corrected chi connectivity index (χ4v) is 4.10. The highest BCUT2D eigenvalue weighted by molar-refractivity contribution is 9.10. The minimum Gasteiger partial charge on any atom is -0.496 e. The number of thiophene rings is 1. The fraction of sp³-hybridized carbons (Fsp3) is 0.211. The summed E-state index contributed by atoms with van der Waals surface area (Å²) in [4.78, 5) is 33.3. The molecule has 8 nitrogen and oxygen atoms in total. The number of benzene rings is 1. The number of hydrogen-bond acceptors (Lipinski definition) is 8. The highest BCUT2D eigenvalue weighted by Crippen LogP contribution is 2.45. The molecular weight excluding hydrogens is 468 g/mol. The molecule has 0 spiro atoms. The molecule has 2 N–H and O–H groups in total. The molecule has 1 aromatic carbocycles. The van der Waals surface area contributed by atoms with Gasteiger partial charge in [-0.15, -0.1) is 11.3 Å². The molecule has 0 saturated heterocycles. The van der Waals surface area contributed by atoms with Gasteiger partial charge in [0.05, 0.1) is 16.5 Å². The second kappa shape index (κ2) is 12.7. The van der Waals surface area contributed by atoms with Gasteiger partial charge in [-0.3, -0.25) is 9.59 Å². The van der Waals surface area contributed by atoms with Crippen molar-refractivity contribution >= 4 is 52.1 Å². The lowest BCUT2D eigenvalue weighted by Gasteiger charge is -2.08. The van der Waals surface area contributed by atoms with Crippen LogP contribution in [0.25, 0.3) is 16.5 Å². The predicted molar refractivity (Wildman–Crippen MR) is 112 cm³/mol. The molecule has 0 bridgehead atoms. The number of halogens is 1. The summed E-state index contributed by atoms with van der Waals surface area (Å²) in [5.74, 6) is -0.327. The van der Waals surface area contributed by atoms with Gasteiger partial charge in [-0.25, -0.2) is 4.79 Å². The Balaban J connectivity index is 0.00000204. The van der Waals surface area contributed by atoms with Crippen LogP contribution in [-0.2, 0) is 14.3 Å². The average molecular weight is 487 g/mol. The molecule has 0 aliphatic rings. The number of aldehydes is 1. The molecule has 0 fully saturated rings. The third kappa shape index (κ3) is 6.70. The summed E-state index contributed by atoms with van der Waals surface area (Å²) in [6.07, 6.45) is 4.03. The van der Waals surface area contributed by atoms with Gasteiger partial charge in [0.2, 0.25) is 0 Å². The normalized spacial score (nSPS) is 10.1. The fourth-order valence-electron chi connectivity index (χ4n) is 2.22. The third-order valence-corrected chi connectivity index (χ3v) is 5.50. The van der Waals surface area contributed by atoms with Crippen LogP contribution >= 0.6 is 27.3 Å². The molecule has 0 saturated carbocycles. The first-order valence-electron chi connectivity index (χ1n) is 7.98. The van der Waals surface area contributed by atoms with Crippen molar-refractivity contribution in [2.24, 2.45) is 0 Å². The van der Waals surface area contributed by atoms with E-state index < -0.39 is 12.6 Å². The van der Waals surface area contributed by atoms with E-state index in [4.69, 9.17) is 19.7 Å². The number of methoxy groups -OCH3 is 1. The van der Waals surface area contributed by atoms with Crippen molar-refractivity contribution in [3.8, 4) is 21.9 Å². The molecule has 156 valence electrons. The molecular formula is C19H19BrO8S. The van der Waals surface area contributed by atoms with Gasteiger partial charge < -0.3 is 24.4 Å². The van der Waals surface area contributed by atoms with Gasteiger partial charge >= 0.3 is 5.97 Å². The third-order valence-electron chi connectivity index (χ3n) is 3.33. The summed E-state index contributed by atoms with van der Waals surface area (Å²) in [7, 11) is 2.54. The number of carboxylic acids is 1. The monoisotopic (exact) mass is 486 g/mol. The lowest BCUT2D eigenvalue weighted by Crippen LogP contribution is -2.09. The molecule has 0 atom stereocenters. The number of ether oxygens (including phenoxy) is 3. The summed E-state index contributed by atoms with van der Waals surface area (Å²) in [6.45, 7) is -0.0641. The first-order valence-corrected chi connectivity index (χ1v) is 9.59. The standard InChI is InChI=1S/C18H15BrO7S.CH4O/c1-24-13-5-4-12(7-11(13)3-2-6-25-10-21)18-16(19)17(14(8-20)27-18)26-9-15(22)23;1-2/h2-5,7-8,10H,6,9H2,1H3,(H,22,23);2H,1H3/b3-2+;. The van der Waals surface area contributed by atoms with Gasteiger partial charge in [-0.2, -0.15) is 0 Å². The highest BCUT2D eigenvalue weighted by atomic mass is 79.9. The average Bonchev–Trinajstić information content (AvgIpc) is 3.06. The van der Waals surface area contributed by atoms with Gasteiger partial charge in [0.15, 0.2) is 18.6 Å². The predicted octanol–water partition coefficient (Wildman–Crippen LogP) is 3.26. The summed E-state index contributed by atoms with van der Waals surface area (Å²) in [5, 5.41) is 15.8. The van der Waals surface area contributed by atoms with Crippen LogP contribution in [-0.4, -0.2) is 56.4 Å². The van der Waals surface area contributed by atoms with E-state index in [0.29, 0.717) is 27.9 Å². The van der Waals surface area contributed by atoms with E-state index in [2.05, 4.69) is 20.7 Å². The van der Waals surface area contributed by atoms with Gasteiger partial charge in [0, 0.05) is 12.7 Å². The Bertz CT molecular complexity index is 875. The van der Waals surface area contributed by atoms with E-state index in [9.17, 15) is 14.4 Å². The highest BCUT2D eigenvalue weighted by Gasteiger charge is 2.20. The topological polar surface area (TPSA) is 119 Å². The van der Waals surface area contributed by atoms with Crippen LogP contribution in [0.15, 0.2) is 28.7 Å². The first kappa shape index (κ1) is 24.3. The number of aliphatic hydroxyl groups is 1. The molecule has 0 aliphatic carbocycles. The lowest BCUT2D eigenvalue weighted by atomic mass is 10.1. The van der Waals surface area contributed by atoms with E-state index in [1.54, 1.807) is 18.2 Å². The van der Waals surface area contributed by atoms with Gasteiger partial charge in [0.1, 0.15) is 17.2 Å². The second-order valence-electron chi connectivity index (χ2n) is 5.03. The van der Waals surface area contributed by atoms with Crippen molar-refractivity contribution in [3.63, 3.8) is 0 Å². The quantitative estimate of drug-likeness (QED) is 0.387. The molecule has 0 amide bonds. The Morgan fingerprint density at radius 2 is 2.00 bits per heavy atom. The molecule has 1 heterocycles. The number of carboxylic acid groups (broad SMARTS) is 1. The van der Waals surface area contributed by atoms with Gasteiger partial charge in [0.25, 0.3) is 6.47 Å². The smallest absolute Gasteiger partial charge is 0.341 e. The van der Waals surface area contributed by atoms with Crippen LogP contribution in [0.5, 0.6) is 11.5 Å². The molecule has 0 aliphatic heterocycles. The SMILES string of the molecule is CO.COc1ccc(-c2sc(C=O)c(OCC(=O)O)c2Br)cc1/C=C/COC=O. The van der Waals surface area contributed by atoms with Crippen molar-refractivity contribution in [2.75, 3.05) is 27.4 Å². The van der Waals surface area contributed by atoms with Crippen LogP contribution in [0.1, 0.15) is 15.2 Å². The number of hydrogen-bond donors (Lipinski definition) is 2. The largest absolute Gasteiger partial charge is 0.496 e. The van der Waals surface area contributed by atoms with Gasteiger partial charge in [-0.1, -0.05) is 6.08 Å².